The van der Waals surface area contributed by atoms with Crippen molar-refractivity contribution >= 4 is 28.5 Å². The third kappa shape index (κ3) is 5.26. The standard InChI is InChI=1S/C29H21F2N7O3/c1-36-16-21(15-33-36)34-20-14-27(25-10-11-32-38(25)17-20)41-26-9-6-19(13-24(26)31)35-28(39)23-3-2-12-37(29(23)40)22-7-4-18(30)5-8-22/h2-17,34H,1H3,(H,35,39). The number of aromatic nitrogens is 5. The second-order valence-electron chi connectivity index (χ2n) is 9.06. The molecule has 0 unspecified atom stereocenters. The van der Waals surface area contributed by atoms with Gasteiger partial charge in [0.2, 0.25) is 0 Å². The van der Waals surface area contributed by atoms with Crippen LogP contribution in [0.1, 0.15) is 10.4 Å². The number of benzene rings is 2. The summed E-state index contributed by atoms with van der Waals surface area (Å²) in [6, 6.07) is 15.5. The summed E-state index contributed by atoms with van der Waals surface area (Å²) in [5.74, 6) is -1.65. The molecule has 6 aromatic rings. The first-order valence-electron chi connectivity index (χ1n) is 12.3. The largest absolute Gasteiger partial charge is 0.452 e. The van der Waals surface area contributed by atoms with Gasteiger partial charge >= 0.3 is 0 Å². The molecule has 0 aliphatic heterocycles. The Labute approximate surface area is 231 Å². The molecule has 0 aliphatic carbocycles. The van der Waals surface area contributed by atoms with Crippen LogP contribution < -0.4 is 20.9 Å². The van der Waals surface area contributed by atoms with E-state index >= 15 is 4.39 Å². The molecule has 0 atom stereocenters. The summed E-state index contributed by atoms with van der Waals surface area (Å²) < 4.78 is 38.8. The molecule has 204 valence electrons. The van der Waals surface area contributed by atoms with Gasteiger partial charge in [-0.05, 0) is 54.6 Å². The van der Waals surface area contributed by atoms with Gasteiger partial charge in [0.15, 0.2) is 17.3 Å². The summed E-state index contributed by atoms with van der Waals surface area (Å²) in [6.07, 6.45) is 8.29. The number of hydrogen-bond acceptors (Lipinski definition) is 6. The molecule has 12 heteroatoms. The highest BCUT2D eigenvalue weighted by molar-refractivity contribution is 6.04. The number of aryl methyl sites for hydroxylation is 1. The Morgan fingerprint density at radius 1 is 0.902 bits per heavy atom. The third-order valence-electron chi connectivity index (χ3n) is 6.17. The lowest BCUT2D eigenvalue weighted by Crippen LogP contribution is -2.27. The second-order valence-corrected chi connectivity index (χ2v) is 9.06. The molecule has 0 spiro atoms. The predicted octanol–water partition coefficient (Wildman–Crippen LogP) is 5.29. The van der Waals surface area contributed by atoms with E-state index in [4.69, 9.17) is 4.74 Å². The van der Waals surface area contributed by atoms with Gasteiger partial charge in [-0.2, -0.15) is 10.2 Å². The van der Waals surface area contributed by atoms with Crippen molar-refractivity contribution in [1.82, 2.24) is 24.0 Å². The van der Waals surface area contributed by atoms with Gasteiger partial charge < -0.3 is 15.4 Å². The summed E-state index contributed by atoms with van der Waals surface area (Å²) >= 11 is 0. The van der Waals surface area contributed by atoms with Crippen LogP contribution in [-0.2, 0) is 7.05 Å². The van der Waals surface area contributed by atoms with Gasteiger partial charge in [-0.3, -0.25) is 18.8 Å². The van der Waals surface area contributed by atoms with E-state index in [9.17, 15) is 14.0 Å². The van der Waals surface area contributed by atoms with Crippen LogP contribution in [0.15, 0.2) is 103 Å². The number of halogens is 2. The van der Waals surface area contributed by atoms with E-state index in [1.807, 2.05) is 0 Å². The highest BCUT2D eigenvalue weighted by atomic mass is 19.1. The van der Waals surface area contributed by atoms with E-state index in [1.165, 1.54) is 59.3 Å². The number of nitrogens with one attached hydrogen (secondary N) is 2. The summed E-state index contributed by atoms with van der Waals surface area (Å²) in [5.41, 5.74) is 1.74. The Hall–Kier alpha value is -5.78. The first-order chi connectivity index (χ1) is 19.8. The molecule has 2 N–H and O–H groups in total. The summed E-state index contributed by atoms with van der Waals surface area (Å²) in [6.45, 7) is 0. The Morgan fingerprint density at radius 2 is 1.73 bits per heavy atom. The molecule has 0 saturated carbocycles. The topological polar surface area (TPSA) is 107 Å². The number of hydrogen-bond donors (Lipinski definition) is 2. The van der Waals surface area contributed by atoms with Crippen LogP contribution in [0.5, 0.6) is 11.5 Å². The van der Waals surface area contributed by atoms with Crippen molar-refractivity contribution in [2.75, 3.05) is 10.6 Å². The fourth-order valence-electron chi connectivity index (χ4n) is 4.25. The molecule has 10 nitrogen and oxygen atoms in total. The van der Waals surface area contributed by atoms with Crippen LogP contribution in [0.4, 0.5) is 25.8 Å². The number of ether oxygens (including phenoxy) is 1. The number of carbonyl (C=O) groups excluding carboxylic acids is 1. The molecule has 41 heavy (non-hydrogen) atoms. The molecule has 0 aliphatic rings. The first kappa shape index (κ1) is 25.5. The average molecular weight is 554 g/mol. The number of amides is 1. The van der Waals surface area contributed by atoms with Crippen LogP contribution in [-0.4, -0.2) is 29.9 Å². The van der Waals surface area contributed by atoms with E-state index in [2.05, 4.69) is 20.8 Å². The van der Waals surface area contributed by atoms with Crippen molar-refractivity contribution in [3.05, 3.63) is 125 Å². The Kier molecular flexibility index (Phi) is 6.48. The predicted molar refractivity (Wildman–Crippen MR) is 148 cm³/mol. The van der Waals surface area contributed by atoms with Crippen molar-refractivity contribution in [3.63, 3.8) is 0 Å². The Morgan fingerprint density at radius 3 is 2.49 bits per heavy atom. The lowest BCUT2D eigenvalue weighted by atomic mass is 10.2. The van der Waals surface area contributed by atoms with Crippen molar-refractivity contribution in [1.29, 1.82) is 0 Å². The van der Waals surface area contributed by atoms with Crippen LogP contribution in [0.3, 0.4) is 0 Å². The number of rotatable bonds is 7. The molecule has 2 aromatic carbocycles. The zero-order valence-electron chi connectivity index (χ0n) is 21.5. The fourth-order valence-corrected chi connectivity index (χ4v) is 4.25. The van der Waals surface area contributed by atoms with Crippen LogP contribution in [0, 0.1) is 11.6 Å². The zero-order chi connectivity index (χ0) is 28.5. The Bertz CT molecular complexity index is 1960. The lowest BCUT2D eigenvalue weighted by molar-refractivity contribution is 0.102. The zero-order valence-corrected chi connectivity index (χ0v) is 21.5. The monoisotopic (exact) mass is 553 g/mol. The van der Waals surface area contributed by atoms with Gasteiger partial charge in [0.05, 0.1) is 30.0 Å². The molecular weight excluding hydrogens is 532 g/mol. The molecule has 0 radical (unpaired) electrons. The van der Waals surface area contributed by atoms with Gasteiger partial charge in [-0.25, -0.2) is 13.3 Å². The lowest BCUT2D eigenvalue weighted by Gasteiger charge is -2.13. The maximum atomic E-state index is 15.1. The minimum Gasteiger partial charge on any atom is -0.452 e. The second kappa shape index (κ2) is 10.4. The molecule has 0 bridgehead atoms. The average Bonchev–Trinajstić information content (AvgIpc) is 3.59. The number of fused-ring (bicyclic) bond motifs is 1. The normalized spacial score (nSPS) is 11.0. The molecular formula is C29H21F2N7O3. The Balaban J connectivity index is 1.22. The van der Waals surface area contributed by atoms with Crippen LogP contribution in [0.2, 0.25) is 0 Å². The van der Waals surface area contributed by atoms with E-state index in [1.54, 1.807) is 53.2 Å². The molecule has 1 amide bonds. The van der Waals surface area contributed by atoms with Crippen LogP contribution in [0.25, 0.3) is 11.2 Å². The van der Waals surface area contributed by atoms with Crippen LogP contribution >= 0.6 is 0 Å². The summed E-state index contributed by atoms with van der Waals surface area (Å²) in [4.78, 5) is 25.8. The van der Waals surface area contributed by atoms with Crippen molar-refractivity contribution < 1.29 is 18.3 Å². The van der Waals surface area contributed by atoms with Gasteiger partial charge in [0.25, 0.3) is 11.5 Å². The van der Waals surface area contributed by atoms with E-state index in [0.29, 0.717) is 22.6 Å². The minimum atomic E-state index is -0.733. The number of carbonyl (C=O) groups is 1. The highest BCUT2D eigenvalue weighted by Gasteiger charge is 2.16. The van der Waals surface area contributed by atoms with Gasteiger partial charge in [0, 0.05) is 42.9 Å². The number of anilines is 3. The third-order valence-corrected chi connectivity index (χ3v) is 6.17. The SMILES string of the molecule is Cn1cc(Nc2cc(Oc3ccc(NC(=O)c4cccn(-c5ccc(F)cc5)c4=O)cc3F)c3ccnn3c2)cn1. The molecule has 0 fully saturated rings. The fraction of sp³-hybridized carbons (Fsp3) is 0.0345. The van der Waals surface area contributed by atoms with E-state index in [-0.39, 0.29) is 17.0 Å². The quantitative estimate of drug-likeness (QED) is 0.278. The van der Waals surface area contributed by atoms with E-state index in [0.717, 1.165) is 11.8 Å². The number of pyridine rings is 2. The molecule has 4 heterocycles. The maximum absolute atomic E-state index is 15.1. The van der Waals surface area contributed by atoms with E-state index < -0.39 is 23.1 Å². The molecule has 4 aromatic heterocycles. The van der Waals surface area contributed by atoms with Crippen molar-refractivity contribution in [2.24, 2.45) is 7.05 Å². The van der Waals surface area contributed by atoms with Crippen molar-refractivity contribution in [2.45, 2.75) is 0 Å². The summed E-state index contributed by atoms with van der Waals surface area (Å²) in [7, 11) is 1.80. The summed E-state index contributed by atoms with van der Waals surface area (Å²) in [5, 5.41) is 14.1. The van der Waals surface area contributed by atoms with Gasteiger partial charge in [0.1, 0.15) is 16.9 Å². The first-order valence-corrected chi connectivity index (χ1v) is 12.3. The maximum Gasteiger partial charge on any atom is 0.267 e. The molecule has 0 saturated heterocycles. The van der Waals surface area contributed by atoms with Gasteiger partial charge in [-0.15, -0.1) is 0 Å². The number of nitrogens with zero attached hydrogens (tertiary/aromatic N) is 5. The van der Waals surface area contributed by atoms with Gasteiger partial charge in [-0.1, -0.05) is 0 Å². The van der Waals surface area contributed by atoms with Crippen molar-refractivity contribution in [3.8, 4) is 17.2 Å². The minimum absolute atomic E-state index is 0.0806. The smallest absolute Gasteiger partial charge is 0.267 e. The molecule has 6 rings (SSSR count). The highest BCUT2D eigenvalue weighted by Crippen LogP contribution is 2.32.